The van der Waals surface area contributed by atoms with E-state index in [1.54, 1.807) is 17.5 Å². The Balaban J connectivity index is 1.84. The van der Waals surface area contributed by atoms with Crippen LogP contribution in [0.3, 0.4) is 0 Å². The zero-order valence-electron chi connectivity index (χ0n) is 12.7. The second-order valence-electron chi connectivity index (χ2n) is 6.15. The maximum atomic E-state index is 12.1. The third kappa shape index (κ3) is 4.52. The van der Waals surface area contributed by atoms with E-state index in [0.717, 1.165) is 6.42 Å². The molecule has 0 unspecified atom stereocenters. The number of aliphatic hydroxyl groups excluding tert-OH is 1. The second kappa shape index (κ2) is 7.22. The van der Waals surface area contributed by atoms with Crippen LogP contribution in [0.2, 0.25) is 0 Å². The first-order valence-corrected chi connectivity index (χ1v) is 10.1. The van der Waals surface area contributed by atoms with Crippen molar-refractivity contribution in [2.45, 2.75) is 49.5 Å². The number of hydrogen-bond donors (Lipinski definition) is 2. The standard InChI is InChI=1S/C15H25NO3S2/c1-11-5-3-6-14(12(11)2)16-9-13(17)10-21(18,19)15-7-4-8-20-15/h4,7-8,11-14,16-17H,3,5-6,9-10H2,1-2H3/t11-,12+,13-,14+/m1/s1. The van der Waals surface area contributed by atoms with Crippen molar-refractivity contribution in [2.24, 2.45) is 11.8 Å². The zero-order valence-corrected chi connectivity index (χ0v) is 14.3. The van der Waals surface area contributed by atoms with Crippen molar-refractivity contribution in [1.29, 1.82) is 0 Å². The maximum absolute atomic E-state index is 12.1. The van der Waals surface area contributed by atoms with Crippen LogP contribution in [0.25, 0.3) is 0 Å². The first kappa shape index (κ1) is 16.9. The van der Waals surface area contributed by atoms with Crippen molar-refractivity contribution < 1.29 is 13.5 Å². The van der Waals surface area contributed by atoms with E-state index >= 15 is 0 Å². The molecule has 0 radical (unpaired) electrons. The Labute approximate surface area is 131 Å². The summed E-state index contributed by atoms with van der Waals surface area (Å²) in [5, 5.41) is 15.1. The summed E-state index contributed by atoms with van der Waals surface area (Å²) in [6, 6.07) is 3.69. The quantitative estimate of drug-likeness (QED) is 0.839. The number of hydrogen-bond acceptors (Lipinski definition) is 5. The predicted molar refractivity (Wildman–Crippen MR) is 86.3 cm³/mol. The summed E-state index contributed by atoms with van der Waals surface area (Å²) in [6.07, 6.45) is 2.71. The molecule has 6 heteroatoms. The van der Waals surface area contributed by atoms with E-state index in [2.05, 4.69) is 19.2 Å². The molecule has 0 aromatic carbocycles. The summed E-state index contributed by atoms with van der Waals surface area (Å²) < 4.78 is 24.5. The monoisotopic (exact) mass is 331 g/mol. The van der Waals surface area contributed by atoms with Gasteiger partial charge < -0.3 is 10.4 Å². The summed E-state index contributed by atoms with van der Waals surface area (Å²) in [6.45, 7) is 4.83. The number of rotatable bonds is 6. The Morgan fingerprint density at radius 3 is 2.86 bits per heavy atom. The number of aliphatic hydroxyl groups is 1. The highest BCUT2D eigenvalue weighted by molar-refractivity contribution is 7.93. The molecule has 1 fully saturated rings. The van der Waals surface area contributed by atoms with Crippen molar-refractivity contribution in [2.75, 3.05) is 12.3 Å². The smallest absolute Gasteiger partial charge is 0.190 e. The van der Waals surface area contributed by atoms with Crippen LogP contribution in [-0.4, -0.2) is 38.0 Å². The van der Waals surface area contributed by atoms with Gasteiger partial charge in [-0.05, 0) is 29.7 Å². The van der Waals surface area contributed by atoms with Gasteiger partial charge in [0.15, 0.2) is 9.84 Å². The van der Waals surface area contributed by atoms with Crippen LogP contribution in [0.1, 0.15) is 33.1 Å². The third-order valence-electron chi connectivity index (χ3n) is 4.54. The summed E-state index contributed by atoms with van der Waals surface area (Å²) in [7, 11) is -3.36. The van der Waals surface area contributed by atoms with Crippen LogP contribution < -0.4 is 5.32 Å². The topological polar surface area (TPSA) is 66.4 Å². The highest BCUT2D eigenvalue weighted by Gasteiger charge is 2.28. The Kier molecular flexibility index (Phi) is 5.82. The van der Waals surface area contributed by atoms with Crippen molar-refractivity contribution in [3.8, 4) is 0 Å². The van der Waals surface area contributed by atoms with E-state index in [1.165, 1.54) is 24.2 Å². The van der Waals surface area contributed by atoms with Crippen molar-refractivity contribution in [1.82, 2.24) is 5.32 Å². The van der Waals surface area contributed by atoms with Crippen LogP contribution in [0.5, 0.6) is 0 Å². The van der Waals surface area contributed by atoms with Gasteiger partial charge in [0.05, 0.1) is 11.9 Å². The molecular formula is C15H25NO3S2. The lowest BCUT2D eigenvalue weighted by atomic mass is 9.78. The molecule has 21 heavy (non-hydrogen) atoms. The van der Waals surface area contributed by atoms with Crippen LogP contribution >= 0.6 is 11.3 Å². The fourth-order valence-corrected chi connectivity index (χ4v) is 5.47. The maximum Gasteiger partial charge on any atom is 0.190 e. The minimum atomic E-state index is -3.36. The van der Waals surface area contributed by atoms with E-state index in [-0.39, 0.29) is 5.75 Å². The minimum Gasteiger partial charge on any atom is -0.391 e. The zero-order chi connectivity index (χ0) is 15.5. The van der Waals surface area contributed by atoms with Gasteiger partial charge in [0.25, 0.3) is 0 Å². The van der Waals surface area contributed by atoms with Crippen LogP contribution in [0, 0.1) is 11.8 Å². The van der Waals surface area contributed by atoms with Gasteiger partial charge >= 0.3 is 0 Å². The first-order chi connectivity index (χ1) is 9.90. The summed E-state index contributed by atoms with van der Waals surface area (Å²) in [5.41, 5.74) is 0. The molecule has 0 saturated heterocycles. The van der Waals surface area contributed by atoms with E-state index in [4.69, 9.17) is 0 Å². The molecule has 120 valence electrons. The highest BCUT2D eigenvalue weighted by Crippen LogP contribution is 2.29. The van der Waals surface area contributed by atoms with Gasteiger partial charge in [-0.3, -0.25) is 0 Å². The van der Waals surface area contributed by atoms with Crippen molar-refractivity contribution in [3.05, 3.63) is 17.5 Å². The molecule has 1 aliphatic carbocycles. The fraction of sp³-hybridized carbons (Fsp3) is 0.733. The van der Waals surface area contributed by atoms with Gasteiger partial charge in [0.1, 0.15) is 4.21 Å². The van der Waals surface area contributed by atoms with E-state index < -0.39 is 15.9 Å². The lowest BCUT2D eigenvalue weighted by Crippen LogP contribution is -2.44. The molecule has 1 heterocycles. The van der Waals surface area contributed by atoms with Gasteiger partial charge in [0.2, 0.25) is 0 Å². The molecular weight excluding hydrogens is 306 g/mol. The van der Waals surface area contributed by atoms with Gasteiger partial charge in [-0.25, -0.2) is 8.42 Å². The summed E-state index contributed by atoms with van der Waals surface area (Å²) >= 11 is 1.20. The van der Waals surface area contributed by atoms with Gasteiger partial charge in [-0.1, -0.05) is 32.8 Å². The summed E-state index contributed by atoms with van der Waals surface area (Å²) in [4.78, 5) is 0. The molecule has 1 aromatic heterocycles. The van der Waals surface area contributed by atoms with Crippen LogP contribution in [0.15, 0.2) is 21.7 Å². The van der Waals surface area contributed by atoms with Crippen molar-refractivity contribution in [3.63, 3.8) is 0 Å². The average Bonchev–Trinajstić information content (AvgIpc) is 2.95. The first-order valence-electron chi connectivity index (χ1n) is 7.58. The predicted octanol–water partition coefficient (Wildman–Crippen LogP) is 2.30. The number of thiophene rings is 1. The largest absolute Gasteiger partial charge is 0.391 e. The van der Waals surface area contributed by atoms with Crippen LogP contribution in [-0.2, 0) is 9.84 Å². The van der Waals surface area contributed by atoms with E-state index in [1.807, 2.05) is 0 Å². The lowest BCUT2D eigenvalue weighted by molar-refractivity contribution is 0.157. The Bertz CT molecular complexity index is 527. The lowest BCUT2D eigenvalue weighted by Gasteiger charge is -2.35. The molecule has 2 N–H and O–H groups in total. The third-order valence-corrected chi connectivity index (χ3v) is 7.82. The average molecular weight is 332 g/mol. The molecule has 0 bridgehead atoms. The normalized spacial score (nSPS) is 28.4. The Hall–Kier alpha value is -0.430. The molecule has 0 aliphatic heterocycles. The Morgan fingerprint density at radius 1 is 1.43 bits per heavy atom. The molecule has 0 spiro atoms. The summed E-state index contributed by atoms with van der Waals surface area (Å²) in [5.74, 6) is 1.04. The van der Waals surface area contributed by atoms with Crippen molar-refractivity contribution >= 4 is 21.2 Å². The van der Waals surface area contributed by atoms with Gasteiger partial charge in [0, 0.05) is 12.6 Å². The fourth-order valence-electron chi connectivity index (χ4n) is 2.99. The number of nitrogens with one attached hydrogen (secondary N) is 1. The SMILES string of the molecule is C[C@H]1[C@H](C)CCC[C@@H]1NC[C@@H](O)CS(=O)(=O)c1cccs1. The molecule has 1 aromatic rings. The Morgan fingerprint density at radius 2 is 2.19 bits per heavy atom. The van der Waals surface area contributed by atoms with Gasteiger partial charge in [-0.2, -0.15) is 0 Å². The second-order valence-corrected chi connectivity index (χ2v) is 9.36. The van der Waals surface area contributed by atoms with Gasteiger partial charge in [-0.15, -0.1) is 11.3 Å². The number of sulfone groups is 1. The molecule has 2 rings (SSSR count). The molecule has 4 atom stereocenters. The molecule has 1 saturated carbocycles. The minimum absolute atomic E-state index is 0.211. The molecule has 0 amide bonds. The van der Waals surface area contributed by atoms with E-state index in [0.29, 0.717) is 28.6 Å². The highest BCUT2D eigenvalue weighted by atomic mass is 32.2. The molecule has 1 aliphatic rings. The molecule has 4 nitrogen and oxygen atoms in total. The van der Waals surface area contributed by atoms with Crippen LogP contribution in [0.4, 0.5) is 0 Å². The van der Waals surface area contributed by atoms with E-state index in [9.17, 15) is 13.5 Å².